The second kappa shape index (κ2) is 9.95. The quantitative estimate of drug-likeness (QED) is 0.380. The number of carbonyl (C=O) groups excluding carboxylic acids is 2. The number of amides is 2. The van der Waals surface area contributed by atoms with E-state index in [0.717, 1.165) is 11.1 Å². The van der Waals surface area contributed by atoms with Gasteiger partial charge in [0.2, 0.25) is 5.91 Å². The molecule has 0 saturated carbocycles. The van der Waals surface area contributed by atoms with Gasteiger partial charge < -0.3 is 5.32 Å². The van der Waals surface area contributed by atoms with Gasteiger partial charge in [-0.25, -0.2) is 0 Å². The molecule has 3 aromatic carbocycles. The lowest BCUT2D eigenvalue weighted by Crippen LogP contribution is -2.30. The Hall–Kier alpha value is -3.53. The van der Waals surface area contributed by atoms with E-state index >= 15 is 0 Å². The number of rotatable bonds is 5. The highest BCUT2D eigenvalue weighted by molar-refractivity contribution is 8.05. The number of aryl methyl sites for hydroxylation is 1. The van der Waals surface area contributed by atoms with Crippen molar-refractivity contribution in [3.63, 3.8) is 0 Å². The maximum Gasteiger partial charge on any atom is 0.269 e. The standard InChI is InChI=1S/C26H20ClN3O2S/c1-17-10-12-21(13-11-17)30-25(32)23(15-18-6-5-7-19(27)14-18)33-26(30)22(16-28)24(31)29-20-8-3-2-4-9-20/h2-14,23H,15H2,1H3,(H,29,31)/b26-22-. The molecule has 0 aromatic heterocycles. The van der Waals surface area contributed by atoms with Gasteiger partial charge in [0, 0.05) is 16.4 Å². The maximum atomic E-state index is 13.5. The van der Waals surface area contributed by atoms with E-state index < -0.39 is 11.2 Å². The Morgan fingerprint density at radius 3 is 2.48 bits per heavy atom. The van der Waals surface area contributed by atoms with Crippen molar-refractivity contribution in [1.82, 2.24) is 0 Å². The van der Waals surface area contributed by atoms with Crippen molar-refractivity contribution in [2.45, 2.75) is 18.6 Å². The topological polar surface area (TPSA) is 73.2 Å². The predicted octanol–water partition coefficient (Wildman–Crippen LogP) is 5.71. The van der Waals surface area contributed by atoms with E-state index in [9.17, 15) is 14.9 Å². The number of nitrogens with one attached hydrogen (secondary N) is 1. The Balaban J connectivity index is 1.73. The Kier molecular flexibility index (Phi) is 6.83. The highest BCUT2D eigenvalue weighted by atomic mass is 35.5. The van der Waals surface area contributed by atoms with Gasteiger partial charge in [-0.15, -0.1) is 0 Å². The van der Waals surface area contributed by atoms with Crippen LogP contribution in [-0.2, 0) is 16.0 Å². The van der Waals surface area contributed by atoms with Crippen molar-refractivity contribution in [1.29, 1.82) is 5.26 Å². The van der Waals surface area contributed by atoms with Gasteiger partial charge in [0.25, 0.3) is 5.91 Å². The average Bonchev–Trinajstić information content (AvgIpc) is 3.11. The van der Waals surface area contributed by atoms with Crippen LogP contribution in [0.2, 0.25) is 5.02 Å². The zero-order valence-corrected chi connectivity index (χ0v) is 19.4. The summed E-state index contributed by atoms with van der Waals surface area (Å²) in [6.45, 7) is 1.96. The molecule has 1 saturated heterocycles. The molecule has 4 rings (SSSR count). The number of nitriles is 1. The van der Waals surface area contributed by atoms with Crippen LogP contribution in [0.4, 0.5) is 11.4 Å². The fourth-order valence-electron chi connectivity index (χ4n) is 3.51. The summed E-state index contributed by atoms with van der Waals surface area (Å²) in [7, 11) is 0. The van der Waals surface area contributed by atoms with Crippen LogP contribution in [-0.4, -0.2) is 17.1 Å². The van der Waals surface area contributed by atoms with Crippen molar-refractivity contribution in [3.8, 4) is 6.07 Å². The van der Waals surface area contributed by atoms with Crippen LogP contribution in [0.5, 0.6) is 0 Å². The minimum Gasteiger partial charge on any atom is -0.321 e. The highest BCUT2D eigenvalue weighted by Crippen LogP contribution is 2.42. The maximum absolute atomic E-state index is 13.5. The van der Waals surface area contributed by atoms with E-state index in [-0.39, 0.29) is 11.5 Å². The third kappa shape index (κ3) is 5.11. The summed E-state index contributed by atoms with van der Waals surface area (Å²) < 4.78 is 0. The molecule has 7 heteroatoms. The van der Waals surface area contributed by atoms with Crippen LogP contribution < -0.4 is 10.2 Å². The van der Waals surface area contributed by atoms with Crippen molar-refractivity contribution < 1.29 is 9.59 Å². The van der Waals surface area contributed by atoms with Crippen LogP contribution in [0, 0.1) is 18.3 Å². The van der Waals surface area contributed by atoms with Gasteiger partial charge in [-0.2, -0.15) is 5.26 Å². The molecule has 1 unspecified atom stereocenters. The molecule has 1 heterocycles. The molecule has 0 radical (unpaired) electrons. The number of thioether (sulfide) groups is 1. The van der Waals surface area contributed by atoms with Crippen molar-refractivity contribution in [3.05, 3.63) is 106 Å². The van der Waals surface area contributed by atoms with Gasteiger partial charge in [0.1, 0.15) is 16.7 Å². The summed E-state index contributed by atoms with van der Waals surface area (Å²) in [5, 5.41) is 13.1. The average molecular weight is 474 g/mol. The number of hydrogen-bond acceptors (Lipinski definition) is 4. The minimum absolute atomic E-state index is 0.105. The SMILES string of the molecule is Cc1ccc(N2C(=O)C(Cc3cccc(Cl)c3)S/C2=C(/C#N)C(=O)Nc2ccccc2)cc1. The summed E-state index contributed by atoms with van der Waals surface area (Å²) >= 11 is 7.35. The van der Waals surface area contributed by atoms with Gasteiger partial charge in [-0.3, -0.25) is 14.5 Å². The van der Waals surface area contributed by atoms with Crippen LogP contribution in [0.1, 0.15) is 11.1 Å². The number of hydrogen-bond donors (Lipinski definition) is 1. The fraction of sp³-hybridized carbons (Fsp3) is 0.115. The molecule has 1 aliphatic heterocycles. The molecule has 1 aliphatic rings. The van der Waals surface area contributed by atoms with Gasteiger partial charge in [0.15, 0.2) is 0 Å². The summed E-state index contributed by atoms with van der Waals surface area (Å²) in [6.07, 6.45) is 0.426. The Labute approximate surface area is 201 Å². The van der Waals surface area contributed by atoms with Crippen LogP contribution >= 0.6 is 23.4 Å². The van der Waals surface area contributed by atoms with E-state index in [1.54, 1.807) is 30.3 Å². The van der Waals surface area contributed by atoms with E-state index in [4.69, 9.17) is 11.6 Å². The largest absolute Gasteiger partial charge is 0.321 e. The second-order valence-corrected chi connectivity index (χ2v) is 9.19. The highest BCUT2D eigenvalue weighted by Gasteiger charge is 2.40. The summed E-state index contributed by atoms with van der Waals surface area (Å²) in [5.41, 5.74) is 3.03. The second-order valence-electron chi connectivity index (χ2n) is 7.56. The lowest BCUT2D eigenvalue weighted by molar-refractivity contribution is -0.117. The molecule has 2 amide bonds. The third-order valence-electron chi connectivity index (χ3n) is 5.14. The van der Waals surface area contributed by atoms with Crippen LogP contribution in [0.3, 0.4) is 0 Å². The molecule has 3 aromatic rings. The van der Waals surface area contributed by atoms with Gasteiger partial charge in [-0.1, -0.05) is 71.4 Å². The molecular weight excluding hydrogens is 454 g/mol. The fourth-order valence-corrected chi connectivity index (χ4v) is 5.03. The van der Waals surface area contributed by atoms with E-state index in [1.807, 2.05) is 61.5 Å². The number of halogens is 1. The van der Waals surface area contributed by atoms with E-state index in [2.05, 4.69) is 5.32 Å². The Morgan fingerprint density at radius 1 is 1.09 bits per heavy atom. The van der Waals surface area contributed by atoms with Crippen molar-refractivity contribution >= 4 is 46.6 Å². The molecule has 0 aliphatic carbocycles. The van der Waals surface area contributed by atoms with Gasteiger partial charge in [-0.05, 0) is 55.3 Å². The molecule has 0 spiro atoms. The Bertz CT molecular complexity index is 1270. The number of anilines is 2. The lowest BCUT2D eigenvalue weighted by Gasteiger charge is -2.19. The summed E-state index contributed by atoms with van der Waals surface area (Å²) in [6, 6.07) is 25.7. The van der Waals surface area contributed by atoms with Crippen LogP contribution in [0.15, 0.2) is 89.5 Å². The first-order chi connectivity index (χ1) is 16.0. The number of benzene rings is 3. The summed E-state index contributed by atoms with van der Waals surface area (Å²) in [5.74, 6) is -0.737. The first kappa shape index (κ1) is 22.7. The first-order valence-electron chi connectivity index (χ1n) is 10.3. The zero-order valence-electron chi connectivity index (χ0n) is 17.8. The van der Waals surface area contributed by atoms with E-state index in [1.165, 1.54) is 16.7 Å². The molecule has 33 heavy (non-hydrogen) atoms. The normalized spacial score (nSPS) is 16.9. The van der Waals surface area contributed by atoms with Crippen molar-refractivity contribution in [2.75, 3.05) is 10.2 Å². The Morgan fingerprint density at radius 2 is 1.82 bits per heavy atom. The molecular formula is C26H20ClN3O2S. The molecule has 1 fully saturated rings. The number of nitrogens with zero attached hydrogens (tertiary/aromatic N) is 2. The minimum atomic E-state index is -0.556. The van der Waals surface area contributed by atoms with Gasteiger partial charge >= 0.3 is 0 Å². The number of carbonyl (C=O) groups is 2. The van der Waals surface area contributed by atoms with Crippen LogP contribution in [0.25, 0.3) is 0 Å². The lowest BCUT2D eigenvalue weighted by atomic mass is 10.1. The monoisotopic (exact) mass is 473 g/mol. The predicted molar refractivity (Wildman–Crippen MR) is 133 cm³/mol. The molecule has 1 atom stereocenters. The molecule has 164 valence electrons. The first-order valence-corrected chi connectivity index (χ1v) is 11.5. The third-order valence-corrected chi connectivity index (χ3v) is 6.64. The molecule has 5 nitrogen and oxygen atoms in total. The number of para-hydroxylation sites is 1. The van der Waals surface area contributed by atoms with E-state index in [0.29, 0.717) is 27.8 Å². The molecule has 1 N–H and O–H groups in total. The smallest absolute Gasteiger partial charge is 0.269 e. The van der Waals surface area contributed by atoms with Gasteiger partial charge in [0.05, 0.1) is 5.25 Å². The van der Waals surface area contributed by atoms with Crippen molar-refractivity contribution in [2.24, 2.45) is 0 Å². The summed E-state index contributed by atoms with van der Waals surface area (Å²) in [4.78, 5) is 28.0. The zero-order chi connectivity index (χ0) is 23.4. The molecule has 0 bridgehead atoms.